The highest BCUT2D eigenvalue weighted by molar-refractivity contribution is 5.42. The Morgan fingerprint density at radius 2 is 1.53 bits per heavy atom. The first-order valence-electron chi connectivity index (χ1n) is 4.96. The fourth-order valence-electron chi connectivity index (χ4n) is 0.990. The highest BCUT2D eigenvalue weighted by Crippen LogP contribution is 2.30. The third kappa shape index (κ3) is 4.70. The summed E-state index contributed by atoms with van der Waals surface area (Å²) in [5.41, 5.74) is 1.02. The number of aromatic hydroxyl groups is 2. The zero-order valence-electron chi connectivity index (χ0n) is 9.78. The fraction of sp³-hybridized carbons (Fsp3) is 0.500. The van der Waals surface area contributed by atoms with Crippen molar-refractivity contribution in [3.8, 4) is 11.5 Å². The third-order valence-electron chi connectivity index (χ3n) is 1.84. The van der Waals surface area contributed by atoms with Crippen LogP contribution in [0, 0.1) is 0 Å². The van der Waals surface area contributed by atoms with Crippen LogP contribution in [0.3, 0.4) is 0 Å². The van der Waals surface area contributed by atoms with Crippen LogP contribution < -0.4 is 0 Å². The first-order valence-corrected chi connectivity index (χ1v) is 4.96. The maximum atomic E-state index is 9.21. The molecule has 0 fully saturated rings. The molecule has 3 N–H and O–H groups in total. The summed E-state index contributed by atoms with van der Waals surface area (Å²) in [5.74, 6) is -0.120. The molecule has 3 heteroatoms. The van der Waals surface area contributed by atoms with Crippen molar-refractivity contribution < 1.29 is 15.3 Å². The van der Waals surface area contributed by atoms with Gasteiger partial charge in [0.2, 0.25) is 0 Å². The minimum Gasteiger partial charge on any atom is -0.504 e. The summed E-state index contributed by atoms with van der Waals surface area (Å²) >= 11 is 0. The van der Waals surface area contributed by atoms with Gasteiger partial charge in [-0.05, 0) is 30.0 Å². The standard InChI is InChI=1S/C10H14O2.C2H6O/c1-10(2,3)7-4-5-8(11)9(12)6-7;1-2-3/h4-6,11-12H,1-3H3;3H,2H2,1H3. The van der Waals surface area contributed by atoms with E-state index < -0.39 is 0 Å². The molecular formula is C12H20O3. The van der Waals surface area contributed by atoms with Gasteiger partial charge in [0, 0.05) is 6.61 Å². The summed E-state index contributed by atoms with van der Waals surface area (Å²) in [4.78, 5) is 0. The first-order chi connectivity index (χ1) is 6.82. The van der Waals surface area contributed by atoms with Crippen LogP contribution in [-0.2, 0) is 5.41 Å². The van der Waals surface area contributed by atoms with E-state index in [1.54, 1.807) is 13.0 Å². The van der Waals surface area contributed by atoms with E-state index >= 15 is 0 Å². The molecule has 86 valence electrons. The molecule has 1 rings (SSSR count). The Morgan fingerprint density at radius 1 is 1.07 bits per heavy atom. The number of hydrogen-bond donors (Lipinski definition) is 3. The van der Waals surface area contributed by atoms with E-state index in [4.69, 9.17) is 10.2 Å². The van der Waals surface area contributed by atoms with Crippen molar-refractivity contribution in [3.63, 3.8) is 0 Å². The van der Waals surface area contributed by atoms with E-state index in [0.717, 1.165) is 5.56 Å². The molecule has 0 heterocycles. The molecule has 15 heavy (non-hydrogen) atoms. The van der Waals surface area contributed by atoms with Crippen LogP contribution in [0.4, 0.5) is 0 Å². The number of phenolic OH excluding ortho intramolecular Hbond substituents is 2. The SMILES string of the molecule is CC(C)(C)c1ccc(O)c(O)c1.CCO. The van der Waals surface area contributed by atoms with Crippen molar-refractivity contribution in [3.05, 3.63) is 23.8 Å². The van der Waals surface area contributed by atoms with Gasteiger partial charge in [-0.15, -0.1) is 0 Å². The predicted molar refractivity (Wildman–Crippen MR) is 61.2 cm³/mol. The molecule has 0 bridgehead atoms. The van der Waals surface area contributed by atoms with E-state index in [2.05, 4.69) is 20.8 Å². The van der Waals surface area contributed by atoms with Crippen LogP contribution in [-0.4, -0.2) is 21.9 Å². The maximum Gasteiger partial charge on any atom is 0.157 e. The van der Waals surface area contributed by atoms with Gasteiger partial charge in [0.1, 0.15) is 0 Å². The number of rotatable bonds is 0. The largest absolute Gasteiger partial charge is 0.504 e. The predicted octanol–water partition coefficient (Wildman–Crippen LogP) is 2.39. The summed E-state index contributed by atoms with van der Waals surface area (Å²) in [6.45, 7) is 8.09. The minimum absolute atomic E-state index is 0.00514. The first kappa shape index (κ1) is 13.8. The zero-order chi connectivity index (χ0) is 12.1. The molecular weight excluding hydrogens is 192 g/mol. The van der Waals surface area contributed by atoms with E-state index in [0.29, 0.717) is 0 Å². The number of benzene rings is 1. The summed E-state index contributed by atoms with van der Waals surface area (Å²) in [7, 11) is 0. The van der Waals surface area contributed by atoms with Crippen molar-refractivity contribution in [2.24, 2.45) is 0 Å². The lowest BCUT2D eigenvalue weighted by molar-refractivity contribution is 0.318. The number of aliphatic hydroxyl groups excluding tert-OH is 1. The molecule has 0 aliphatic carbocycles. The van der Waals surface area contributed by atoms with Gasteiger partial charge in [-0.3, -0.25) is 0 Å². The Balaban J connectivity index is 0.000000583. The molecule has 0 atom stereocenters. The van der Waals surface area contributed by atoms with Crippen molar-refractivity contribution in [1.29, 1.82) is 0 Å². The Morgan fingerprint density at radius 3 is 1.87 bits per heavy atom. The Bertz CT molecular complexity index is 300. The van der Waals surface area contributed by atoms with Gasteiger partial charge >= 0.3 is 0 Å². The second kappa shape index (κ2) is 5.61. The van der Waals surface area contributed by atoms with Gasteiger partial charge < -0.3 is 15.3 Å². The van der Waals surface area contributed by atoms with Gasteiger partial charge in [0.05, 0.1) is 0 Å². The van der Waals surface area contributed by atoms with Crippen LogP contribution in [0.25, 0.3) is 0 Å². The molecule has 1 aromatic carbocycles. The van der Waals surface area contributed by atoms with Crippen molar-refractivity contribution in [2.45, 2.75) is 33.1 Å². The van der Waals surface area contributed by atoms with Gasteiger partial charge in [-0.2, -0.15) is 0 Å². The maximum absolute atomic E-state index is 9.21. The molecule has 0 spiro atoms. The molecule has 0 amide bonds. The molecule has 0 unspecified atom stereocenters. The Kier molecular flexibility index (Phi) is 5.15. The van der Waals surface area contributed by atoms with Gasteiger partial charge in [-0.1, -0.05) is 26.8 Å². The van der Waals surface area contributed by atoms with Crippen molar-refractivity contribution in [2.75, 3.05) is 6.61 Å². The number of aliphatic hydroxyl groups is 1. The third-order valence-corrected chi connectivity index (χ3v) is 1.84. The molecule has 3 nitrogen and oxygen atoms in total. The average Bonchev–Trinajstić information content (AvgIpc) is 2.09. The van der Waals surface area contributed by atoms with Gasteiger partial charge in [0.15, 0.2) is 11.5 Å². The topological polar surface area (TPSA) is 60.7 Å². The molecule has 0 aliphatic rings. The summed E-state index contributed by atoms with van der Waals surface area (Å²) in [6, 6.07) is 4.92. The highest BCUT2D eigenvalue weighted by Gasteiger charge is 2.14. The lowest BCUT2D eigenvalue weighted by atomic mass is 9.87. The number of phenols is 2. The Labute approximate surface area is 91.0 Å². The summed E-state index contributed by atoms with van der Waals surface area (Å²) in [5, 5.41) is 25.8. The van der Waals surface area contributed by atoms with Crippen molar-refractivity contribution in [1.82, 2.24) is 0 Å². The molecule has 0 saturated carbocycles. The quantitative estimate of drug-likeness (QED) is 0.579. The molecule has 0 aliphatic heterocycles. The van der Waals surface area contributed by atoms with E-state index in [-0.39, 0.29) is 23.5 Å². The zero-order valence-corrected chi connectivity index (χ0v) is 9.78. The van der Waals surface area contributed by atoms with Crippen LogP contribution in [0.5, 0.6) is 11.5 Å². The number of hydrogen-bond acceptors (Lipinski definition) is 3. The van der Waals surface area contributed by atoms with Crippen LogP contribution >= 0.6 is 0 Å². The van der Waals surface area contributed by atoms with Gasteiger partial charge in [-0.25, -0.2) is 0 Å². The monoisotopic (exact) mass is 212 g/mol. The lowest BCUT2D eigenvalue weighted by Crippen LogP contribution is -2.10. The minimum atomic E-state index is -0.0667. The summed E-state index contributed by atoms with van der Waals surface area (Å²) < 4.78 is 0. The van der Waals surface area contributed by atoms with E-state index in [1.165, 1.54) is 6.07 Å². The smallest absolute Gasteiger partial charge is 0.157 e. The van der Waals surface area contributed by atoms with Crippen molar-refractivity contribution >= 4 is 0 Å². The molecule has 1 aromatic rings. The van der Waals surface area contributed by atoms with Crippen LogP contribution in [0.2, 0.25) is 0 Å². The van der Waals surface area contributed by atoms with E-state index in [1.807, 2.05) is 6.07 Å². The molecule has 0 radical (unpaired) electrons. The lowest BCUT2D eigenvalue weighted by Gasteiger charge is -2.19. The second-order valence-corrected chi connectivity index (χ2v) is 4.27. The van der Waals surface area contributed by atoms with Gasteiger partial charge in [0.25, 0.3) is 0 Å². The molecule has 0 saturated heterocycles. The summed E-state index contributed by atoms with van der Waals surface area (Å²) in [6.07, 6.45) is 0. The normalized spacial score (nSPS) is 10.5. The fourth-order valence-corrected chi connectivity index (χ4v) is 0.990. The second-order valence-electron chi connectivity index (χ2n) is 4.27. The molecule has 0 aromatic heterocycles. The Hall–Kier alpha value is -1.22. The average molecular weight is 212 g/mol. The van der Waals surface area contributed by atoms with Crippen LogP contribution in [0.1, 0.15) is 33.3 Å². The highest BCUT2D eigenvalue weighted by atomic mass is 16.3. The van der Waals surface area contributed by atoms with Crippen LogP contribution in [0.15, 0.2) is 18.2 Å². The van der Waals surface area contributed by atoms with E-state index in [9.17, 15) is 5.11 Å².